The summed E-state index contributed by atoms with van der Waals surface area (Å²) in [5.41, 5.74) is -1.77. The molecule has 0 amide bonds. The molecule has 0 saturated carbocycles. The molecule has 1 aliphatic heterocycles. The van der Waals surface area contributed by atoms with Gasteiger partial charge in [-0.2, -0.15) is 13.2 Å². The van der Waals surface area contributed by atoms with Gasteiger partial charge in [0.2, 0.25) is 0 Å². The minimum absolute atomic E-state index is 0.0874. The quantitative estimate of drug-likeness (QED) is 0.659. The minimum atomic E-state index is -4.64. The maximum Gasteiger partial charge on any atom is 0.418 e. The molecule has 5 nitrogen and oxygen atoms in total. The zero-order valence-corrected chi connectivity index (χ0v) is 12.2. The van der Waals surface area contributed by atoms with Crippen molar-refractivity contribution < 1.29 is 18.1 Å². The largest absolute Gasteiger partial charge is 0.418 e. The fourth-order valence-corrected chi connectivity index (χ4v) is 2.55. The third-order valence-electron chi connectivity index (χ3n) is 4.04. The summed E-state index contributed by atoms with van der Waals surface area (Å²) in [7, 11) is 0. The summed E-state index contributed by atoms with van der Waals surface area (Å²) in [4.78, 5) is 9.83. The van der Waals surface area contributed by atoms with Crippen LogP contribution in [-0.2, 0) is 6.18 Å². The first kappa shape index (κ1) is 16.5. The Labute approximate surface area is 126 Å². The fraction of sp³-hybridized carbons (Fsp3) is 0.571. The smallest absolute Gasteiger partial charge is 0.384 e. The molecule has 0 aliphatic carbocycles. The van der Waals surface area contributed by atoms with Crippen molar-refractivity contribution in [1.29, 1.82) is 0 Å². The molecular weight excluding hydrogens is 299 g/mol. The molecule has 0 atom stereocenters. The fourth-order valence-electron chi connectivity index (χ4n) is 2.55. The van der Waals surface area contributed by atoms with E-state index in [1.165, 1.54) is 0 Å². The van der Waals surface area contributed by atoms with E-state index in [9.17, 15) is 23.3 Å². The average molecular weight is 317 g/mol. The van der Waals surface area contributed by atoms with Crippen LogP contribution in [0.4, 0.5) is 24.5 Å². The van der Waals surface area contributed by atoms with Crippen molar-refractivity contribution in [3.05, 3.63) is 33.9 Å². The molecule has 22 heavy (non-hydrogen) atoms. The summed E-state index contributed by atoms with van der Waals surface area (Å²) in [5, 5.41) is 16.7. The molecular formula is C14H18F3N3O2. The van der Waals surface area contributed by atoms with E-state index in [2.05, 4.69) is 10.6 Å². The van der Waals surface area contributed by atoms with Gasteiger partial charge in [-0.05, 0) is 37.4 Å². The number of nitrogens with zero attached hydrogens (tertiary/aromatic N) is 1. The Bertz CT molecular complexity index is 555. The Morgan fingerprint density at radius 2 is 2.00 bits per heavy atom. The van der Waals surface area contributed by atoms with Crippen molar-refractivity contribution in [1.82, 2.24) is 5.32 Å². The Morgan fingerprint density at radius 3 is 2.55 bits per heavy atom. The number of piperidine rings is 1. The van der Waals surface area contributed by atoms with Crippen LogP contribution in [0.2, 0.25) is 0 Å². The van der Waals surface area contributed by atoms with Crippen LogP contribution in [0.15, 0.2) is 18.2 Å². The Morgan fingerprint density at radius 1 is 1.36 bits per heavy atom. The second-order valence-electron chi connectivity index (χ2n) is 5.90. The summed E-state index contributed by atoms with van der Waals surface area (Å²) >= 11 is 0. The van der Waals surface area contributed by atoms with Crippen LogP contribution < -0.4 is 10.6 Å². The van der Waals surface area contributed by atoms with E-state index in [0.29, 0.717) is 12.6 Å². The second-order valence-corrected chi connectivity index (χ2v) is 5.90. The number of halogens is 3. The van der Waals surface area contributed by atoms with E-state index in [1.54, 1.807) is 0 Å². The van der Waals surface area contributed by atoms with Gasteiger partial charge in [-0.3, -0.25) is 10.1 Å². The normalized spacial score (nSPS) is 18.0. The molecule has 122 valence electrons. The number of hydrogen-bond acceptors (Lipinski definition) is 4. The van der Waals surface area contributed by atoms with E-state index in [4.69, 9.17) is 0 Å². The third-order valence-corrected chi connectivity index (χ3v) is 4.04. The van der Waals surface area contributed by atoms with Gasteiger partial charge in [0.05, 0.1) is 10.5 Å². The van der Waals surface area contributed by atoms with Crippen molar-refractivity contribution >= 4 is 11.4 Å². The van der Waals surface area contributed by atoms with Gasteiger partial charge in [0.15, 0.2) is 0 Å². The molecule has 2 N–H and O–H groups in total. The molecule has 0 radical (unpaired) electrons. The highest BCUT2D eigenvalue weighted by Gasteiger charge is 2.36. The van der Waals surface area contributed by atoms with Gasteiger partial charge in [-0.1, -0.05) is 6.92 Å². The number of non-ortho nitro benzene ring substituents is 1. The van der Waals surface area contributed by atoms with E-state index >= 15 is 0 Å². The standard InChI is InChI=1S/C14H18F3N3O2/c1-13(4-6-18-7-5-13)9-19-12-3-2-10(20(21)22)8-11(12)14(15,16)17/h2-3,8,18-19H,4-7,9H2,1H3. The van der Waals surface area contributed by atoms with Gasteiger partial charge in [-0.15, -0.1) is 0 Å². The molecule has 8 heteroatoms. The molecule has 1 saturated heterocycles. The second kappa shape index (κ2) is 6.12. The van der Waals surface area contributed by atoms with Gasteiger partial charge in [0, 0.05) is 24.4 Å². The monoisotopic (exact) mass is 317 g/mol. The van der Waals surface area contributed by atoms with Crippen LogP contribution >= 0.6 is 0 Å². The molecule has 1 aromatic carbocycles. The topological polar surface area (TPSA) is 67.2 Å². The van der Waals surface area contributed by atoms with Crippen LogP contribution in [0.1, 0.15) is 25.3 Å². The number of nitro groups is 1. The first-order valence-electron chi connectivity index (χ1n) is 7.02. The van der Waals surface area contributed by atoms with Gasteiger partial charge in [0.25, 0.3) is 5.69 Å². The van der Waals surface area contributed by atoms with Crippen LogP contribution in [-0.4, -0.2) is 24.6 Å². The first-order valence-corrected chi connectivity index (χ1v) is 7.02. The molecule has 1 heterocycles. The molecule has 1 aliphatic rings. The summed E-state index contributed by atoms with van der Waals surface area (Å²) in [6, 6.07) is 2.79. The number of hydrogen-bond donors (Lipinski definition) is 2. The number of benzene rings is 1. The van der Waals surface area contributed by atoms with Crippen molar-refractivity contribution in [2.75, 3.05) is 25.0 Å². The predicted octanol–water partition coefficient (Wildman–Crippen LogP) is 3.42. The van der Waals surface area contributed by atoms with Crippen molar-refractivity contribution in [3.63, 3.8) is 0 Å². The Kier molecular flexibility index (Phi) is 4.60. The van der Waals surface area contributed by atoms with Crippen LogP contribution in [0, 0.1) is 15.5 Å². The molecule has 1 aromatic rings. The first-order chi connectivity index (χ1) is 10.2. The predicted molar refractivity (Wildman–Crippen MR) is 76.8 cm³/mol. The lowest BCUT2D eigenvalue weighted by molar-refractivity contribution is -0.385. The number of rotatable bonds is 4. The summed E-state index contributed by atoms with van der Waals surface area (Å²) in [5.74, 6) is 0. The lowest BCUT2D eigenvalue weighted by atomic mass is 9.81. The molecule has 0 bridgehead atoms. The van der Waals surface area contributed by atoms with Gasteiger partial charge in [0.1, 0.15) is 0 Å². The maximum atomic E-state index is 13.1. The highest BCUT2D eigenvalue weighted by molar-refractivity contribution is 5.57. The van der Waals surface area contributed by atoms with Gasteiger partial charge in [-0.25, -0.2) is 0 Å². The van der Waals surface area contributed by atoms with E-state index < -0.39 is 22.4 Å². The summed E-state index contributed by atoms with van der Waals surface area (Å²) in [6.07, 6.45) is -2.90. The number of anilines is 1. The molecule has 0 aromatic heterocycles. The number of nitrogens with one attached hydrogen (secondary N) is 2. The van der Waals surface area contributed by atoms with Crippen molar-refractivity contribution in [2.45, 2.75) is 25.9 Å². The molecule has 1 fully saturated rings. The SMILES string of the molecule is CC1(CNc2ccc([N+](=O)[O-])cc2C(F)(F)F)CCNCC1. The van der Waals surface area contributed by atoms with Gasteiger partial charge < -0.3 is 10.6 Å². The summed E-state index contributed by atoms with van der Waals surface area (Å²) in [6.45, 7) is 4.10. The average Bonchev–Trinajstić information content (AvgIpc) is 2.45. The number of nitro benzene ring substituents is 1. The zero-order valence-electron chi connectivity index (χ0n) is 12.2. The molecule has 2 rings (SSSR count). The highest BCUT2D eigenvalue weighted by Crippen LogP contribution is 2.38. The van der Waals surface area contributed by atoms with E-state index in [1.807, 2.05) is 6.92 Å². The Hall–Kier alpha value is -1.83. The van der Waals surface area contributed by atoms with E-state index in [-0.39, 0.29) is 11.1 Å². The summed E-state index contributed by atoms with van der Waals surface area (Å²) < 4.78 is 39.2. The lowest BCUT2D eigenvalue weighted by Crippen LogP contribution is -2.39. The van der Waals surface area contributed by atoms with E-state index in [0.717, 1.165) is 38.1 Å². The van der Waals surface area contributed by atoms with Gasteiger partial charge >= 0.3 is 6.18 Å². The maximum absolute atomic E-state index is 13.1. The van der Waals surface area contributed by atoms with Crippen LogP contribution in [0.5, 0.6) is 0 Å². The van der Waals surface area contributed by atoms with Crippen LogP contribution in [0.3, 0.4) is 0 Å². The minimum Gasteiger partial charge on any atom is -0.384 e. The number of alkyl halides is 3. The highest BCUT2D eigenvalue weighted by atomic mass is 19.4. The molecule has 0 unspecified atom stereocenters. The van der Waals surface area contributed by atoms with Crippen LogP contribution in [0.25, 0.3) is 0 Å². The third kappa shape index (κ3) is 3.88. The van der Waals surface area contributed by atoms with Crippen molar-refractivity contribution in [2.24, 2.45) is 5.41 Å². The van der Waals surface area contributed by atoms with Crippen molar-refractivity contribution in [3.8, 4) is 0 Å². The Balaban J connectivity index is 2.21. The zero-order chi connectivity index (χ0) is 16.4. The molecule has 0 spiro atoms. The lowest BCUT2D eigenvalue weighted by Gasteiger charge is -2.34.